The monoisotopic (exact) mass is 420 g/mol. The quantitative estimate of drug-likeness (QED) is 0.679. The van der Waals surface area contributed by atoms with Crippen molar-refractivity contribution in [2.24, 2.45) is 0 Å². The fourth-order valence-corrected chi connectivity index (χ4v) is 5.09. The van der Waals surface area contributed by atoms with Crippen LogP contribution in [-0.2, 0) is 25.7 Å². The second kappa shape index (κ2) is 7.68. The maximum atomic E-state index is 11.9. The summed E-state index contributed by atoms with van der Waals surface area (Å²) in [5.41, 5.74) is 2.38. The molecule has 0 radical (unpaired) electrons. The number of ether oxygens (including phenoxy) is 2. The van der Waals surface area contributed by atoms with E-state index in [4.69, 9.17) is 9.47 Å². The first-order valence-electron chi connectivity index (χ1n) is 9.57. The van der Waals surface area contributed by atoms with Crippen molar-refractivity contribution in [1.82, 2.24) is 15.5 Å². The van der Waals surface area contributed by atoms with Crippen LogP contribution in [0.5, 0.6) is 0 Å². The van der Waals surface area contributed by atoms with Gasteiger partial charge in [-0.05, 0) is 44.0 Å². The van der Waals surface area contributed by atoms with Gasteiger partial charge in [-0.15, -0.1) is 0 Å². The van der Waals surface area contributed by atoms with Crippen LogP contribution in [0.25, 0.3) is 0 Å². The number of alkyl carbamates (subject to hydrolysis) is 1. The van der Waals surface area contributed by atoms with Crippen LogP contribution in [0.4, 0.5) is 16.3 Å². The Morgan fingerprint density at radius 3 is 2.97 bits per heavy atom. The maximum absolute atomic E-state index is 11.9. The summed E-state index contributed by atoms with van der Waals surface area (Å²) in [6.45, 7) is 4.07. The second-order valence-electron chi connectivity index (χ2n) is 7.61. The van der Waals surface area contributed by atoms with Gasteiger partial charge in [0.2, 0.25) is 0 Å². The summed E-state index contributed by atoms with van der Waals surface area (Å²) in [4.78, 5) is 12.1. The number of hydrogen-bond acceptors (Lipinski definition) is 7. The number of anilines is 2. The van der Waals surface area contributed by atoms with Gasteiger partial charge in [0, 0.05) is 24.2 Å². The average molecular weight is 420 g/mol. The van der Waals surface area contributed by atoms with Crippen LogP contribution in [0.15, 0.2) is 29.2 Å². The number of H-pyrrole nitrogens is 1. The number of amides is 1. The van der Waals surface area contributed by atoms with Crippen molar-refractivity contribution in [3.63, 3.8) is 0 Å². The molecule has 0 spiro atoms. The fourth-order valence-electron chi connectivity index (χ4n) is 3.54. The Morgan fingerprint density at radius 2 is 2.17 bits per heavy atom. The minimum Gasteiger partial charge on any atom is -0.444 e. The van der Waals surface area contributed by atoms with Crippen LogP contribution in [0, 0.1) is 0 Å². The van der Waals surface area contributed by atoms with E-state index in [9.17, 15) is 13.2 Å². The molecule has 2 aromatic rings. The highest BCUT2D eigenvalue weighted by atomic mass is 32.2. The Hall–Kier alpha value is -2.59. The van der Waals surface area contributed by atoms with Crippen molar-refractivity contribution in [1.29, 1.82) is 0 Å². The zero-order chi connectivity index (χ0) is 20.6. The third-order valence-electron chi connectivity index (χ3n) is 4.89. The SMILES string of the molecule is CC(C)NC(=O)O[C@H]1CO[C@@H](c2cc(Nc3ccc4c(c3)CCS4(=O)=O)n[nH]2)C1. The lowest BCUT2D eigenvalue weighted by molar-refractivity contribution is 0.0682. The van der Waals surface area contributed by atoms with Crippen molar-refractivity contribution >= 4 is 27.4 Å². The Morgan fingerprint density at radius 1 is 1.34 bits per heavy atom. The predicted molar refractivity (Wildman–Crippen MR) is 106 cm³/mol. The maximum Gasteiger partial charge on any atom is 0.407 e. The zero-order valence-corrected chi connectivity index (χ0v) is 17.1. The topological polar surface area (TPSA) is 122 Å². The van der Waals surface area contributed by atoms with Crippen LogP contribution in [0.1, 0.15) is 37.6 Å². The Kier molecular flexibility index (Phi) is 5.22. The third-order valence-corrected chi connectivity index (χ3v) is 6.70. The number of hydrogen-bond donors (Lipinski definition) is 3. The minimum absolute atomic E-state index is 0.0150. The number of nitrogens with zero attached hydrogens (tertiary/aromatic N) is 1. The highest BCUT2D eigenvalue weighted by Crippen LogP contribution is 2.32. The highest BCUT2D eigenvalue weighted by molar-refractivity contribution is 7.91. The number of carbonyl (C=O) groups is 1. The largest absolute Gasteiger partial charge is 0.444 e. The normalized spacial score (nSPS) is 22.4. The fraction of sp³-hybridized carbons (Fsp3) is 0.474. The highest BCUT2D eigenvalue weighted by Gasteiger charge is 2.31. The molecule has 29 heavy (non-hydrogen) atoms. The number of aromatic nitrogens is 2. The molecule has 0 bridgehead atoms. The molecular weight excluding hydrogens is 396 g/mol. The Bertz CT molecular complexity index is 1020. The molecule has 156 valence electrons. The molecule has 2 aliphatic rings. The van der Waals surface area contributed by atoms with E-state index in [1.807, 2.05) is 26.0 Å². The van der Waals surface area contributed by atoms with Gasteiger partial charge in [0.1, 0.15) is 12.2 Å². The van der Waals surface area contributed by atoms with Crippen LogP contribution in [0.2, 0.25) is 0 Å². The molecule has 0 unspecified atom stereocenters. The average Bonchev–Trinajstić information content (AvgIpc) is 3.34. The summed E-state index contributed by atoms with van der Waals surface area (Å²) < 4.78 is 35.0. The van der Waals surface area contributed by atoms with Crippen molar-refractivity contribution in [2.75, 3.05) is 17.7 Å². The van der Waals surface area contributed by atoms with Crippen LogP contribution >= 0.6 is 0 Å². The van der Waals surface area contributed by atoms with E-state index < -0.39 is 15.9 Å². The number of fused-ring (bicyclic) bond motifs is 1. The lowest BCUT2D eigenvalue weighted by Gasteiger charge is -2.13. The predicted octanol–water partition coefficient (Wildman–Crippen LogP) is 2.45. The first-order valence-corrected chi connectivity index (χ1v) is 11.2. The van der Waals surface area contributed by atoms with Crippen molar-refractivity contribution in [3.05, 3.63) is 35.5 Å². The van der Waals surface area contributed by atoms with Gasteiger partial charge in [0.15, 0.2) is 15.7 Å². The van der Waals surface area contributed by atoms with Crippen molar-refractivity contribution < 1.29 is 22.7 Å². The summed E-state index contributed by atoms with van der Waals surface area (Å²) in [5, 5.41) is 13.1. The summed E-state index contributed by atoms with van der Waals surface area (Å²) in [6.07, 6.45) is 0.0851. The molecule has 3 heterocycles. The number of nitrogens with one attached hydrogen (secondary N) is 3. The molecule has 1 aromatic carbocycles. The molecule has 3 N–H and O–H groups in total. The molecule has 2 atom stereocenters. The molecule has 0 saturated carbocycles. The molecular formula is C19H24N4O5S. The first kappa shape index (κ1) is 19.7. The zero-order valence-electron chi connectivity index (χ0n) is 16.3. The van der Waals surface area contributed by atoms with Gasteiger partial charge < -0.3 is 20.1 Å². The van der Waals surface area contributed by atoms with E-state index in [1.54, 1.807) is 12.1 Å². The number of carbonyl (C=O) groups excluding carboxylic acids is 1. The van der Waals surface area contributed by atoms with Gasteiger partial charge in [-0.2, -0.15) is 5.10 Å². The molecule has 4 rings (SSSR count). The van der Waals surface area contributed by atoms with E-state index in [-0.39, 0.29) is 24.0 Å². The molecule has 10 heteroatoms. The van der Waals surface area contributed by atoms with Crippen molar-refractivity contribution in [2.45, 2.75) is 49.8 Å². The smallest absolute Gasteiger partial charge is 0.407 e. The molecule has 1 saturated heterocycles. The summed E-state index contributed by atoms with van der Waals surface area (Å²) in [7, 11) is -3.13. The number of aromatic amines is 1. The standard InChI is InChI=1S/C19H24N4O5S/c1-11(2)20-19(24)28-14-8-16(27-10-14)15-9-18(23-22-15)21-13-3-4-17-12(7-13)5-6-29(17,25)26/h3-4,7,9,11,14,16H,5-6,8,10H2,1-2H3,(H,20,24)(H2,21,22,23)/t14-,16-/m1/s1. The van der Waals surface area contributed by atoms with Gasteiger partial charge >= 0.3 is 6.09 Å². The number of benzene rings is 1. The van der Waals surface area contributed by atoms with Crippen molar-refractivity contribution in [3.8, 4) is 0 Å². The van der Waals surface area contributed by atoms with Gasteiger partial charge in [-0.1, -0.05) is 0 Å². The van der Waals surface area contributed by atoms with Crippen LogP contribution < -0.4 is 10.6 Å². The van der Waals surface area contributed by atoms with E-state index >= 15 is 0 Å². The third kappa shape index (κ3) is 4.38. The van der Waals surface area contributed by atoms with Crippen LogP contribution in [0.3, 0.4) is 0 Å². The van der Waals surface area contributed by atoms with Gasteiger partial charge in [-0.25, -0.2) is 13.2 Å². The first-order chi connectivity index (χ1) is 13.8. The van der Waals surface area contributed by atoms with Gasteiger partial charge in [-0.3, -0.25) is 5.10 Å². The molecule has 9 nitrogen and oxygen atoms in total. The molecule has 2 aliphatic heterocycles. The number of sulfone groups is 1. The van der Waals surface area contributed by atoms with E-state index in [1.165, 1.54) is 0 Å². The minimum atomic E-state index is -3.13. The number of aryl methyl sites for hydroxylation is 1. The lowest BCUT2D eigenvalue weighted by Crippen LogP contribution is -2.33. The summed E-state index contributed by atoms with van der Waals surface area (Å²) in [6, 6.07) is 7.07. The number of rotatable bonds is 5. The van der Waals surface area contributed by atoms with Gasteiger partial charge in [0.05, 0.1) is 22.9 Å². The lowest BCUT2D eigenvalue weighted by atomic mass is 10.1. The second-order valence-corrected chi connectivity index (χ2v) is 9.69. The summed E-state index contributed by atoms with van der Waals surface area (Å²) in [5.74, 6) is 0.766. The van der Waals surface area contributed by atoms with E-state index in [2.05, 4.69) is 20.8 Å². The Labute approximate surface area is 169 Å². The Balaban J connectivity index is 1.37. The molecule has 1 amide bonds. The molecule has 1 aromatic heterocycles. The van der Waals surface area contributed by atoms with Gasteiger partial charge in [0.25, 0.3) is 0 Å². The van der Waals surface area contributed by atoms with E-state index in [0.29, 0.717) is 30.2 Å². The summed E-state index contributed by atoms with van der Waals surface area (Å²) >= 11 is 0. The van der Waals surface area contributed by atoms with Crippen LogP contribution in [-0.4, -0.2) is 49.2 Å². The van der Waals surface area contributed by atoms with E-state index in [0.717, 1.165) is 16.9 Å². The molecule has 1 fully saturated rings. The molecule has 0 aliphatic carbocycles.